The van der Waals surface area contributed by atoms with E-state index in [2.05, 4.69) is 15.6 Å². The second-order valence-corrected chi connectivity index (χ2v) is 5.46. The van der Waals surface area contributed by atoms with E-state index in [4.69, 9.17) is 0 Å². The summed E-state index contributed by atoms with van der Waals surface area (Å²) >= 11 is 0. The molecule has 0 saturated heterocycles. The van der Waals surface area contributed by atoms with Crippen molar-refractivity contribution in [2.75, 3.05) is 10.6 Å². The minimum Gasteiger partial charge on any atom is -0.326 e. The highest BCUT2D eigenvalue weighted by Crippen LogP contribution is 2.30. The molecule has 2 aromatic rings. The summed E-state index contributed by atoms with van der Waals surface area (Å²) in [6.45, 7) is 1.89. The summed E-state index contributed by atoms with van der Waals surface area (Å²) in [4.78, 5) is 28.0. The summed E-state index contributed by atoms with van der Waals surface area (Å²) in [6, 6.07) is 10.6. The molecule has 5 nitrogen and oxygen atoms in total. The number of hydrogen-bond donors (Lipinski definition) is 2. The van der Waals surface area contributed by atoms with Crippen molar-refractivity contribution in [2.24, 2.45) is 5.92 Å². The maximum atomic E-state index is 12.2. The number of amides is 2. The number of hydrogen-bond acceptors (Lipinski definition) is 3. The van der Waals surface area contributed by atoms with Crippen LogP contribution in [0.2, 0.25) is 0 Å². The van der Waals surface area contributed by atoms with Gasteiger partial charge < -0.3 is 10.6 Å². The van der Waals surface area contributed by atoms with E-state index in [1.807, 2.05) is 19.1 Å². The van der Waals surface area contributed by atoms with Crippen LogP contribution in [-0.2, 0) is 4.79 Å². The quantitative estimate of drug-likeness (QED) is 0.911. The summed E-state index contributed by atoms with van der Waals surface area (Å²) in [5, 5.41) is 5.62. The lowest BCUT2D eigenvalue weighted by Gasteiger charge is -2.08. The number of carbonyl (C=O) groups excluding carboxylic acids is 2. The van der Waals surface area contributed by atoms with Gasteiger partial charge in [0.25, 0.3) is 5.91 Å². The van der Waals surface area contributed by atoms with Crippen LogP contribution < -0.4 is 10.6 Å². The number of aryl methyl sites for hydroxylation is 1. The predicted molar refractivity (Wildman–Crippen MR) is 84.7 cm³/mol. The van der Waals surface area contributed by atoms with Crippen molar-refractivity contribution in [2.45, 2.75) is 19.8 Å². The fraction of sp³-hybridized carbons (Fsp3) is 0.235. The molecule has 1 aliphatic carbocycles. The maximum Gasteiger partial charge on any atom is 0.256 e. The van der Waals surface area contributed by atoms with Gasteiger partial charge in [-0.25, -0.2) is 4.98 Å². The average molecular weight is 295 g/mol. The minimum atomic E-state index is -0.220. The Hall–Kier alpha value is -2.69. The zero-order chi connectivity index (χ0) is 15.5. The van der Waals surface area contributed by atoms with Crippen molar-refractivity contribution in [3.8, 4) is 0 Å². The molecular formula is C17H17N3O2. The number of nitrogens with one attached hydrogen (secondary N) is 2. The van der Waals surface area contributed by atoms with Crippen molar-refractivity contribution in [3.05, 3.63) is 53.7 Å². The van der Waals surface area contributed by atoms with E-state index in [0.717, 1.165) is 18.4 Å². The summed E-state index contributed by atoms with van der Waals surface area (Å²) in [5.41, 5.74) is 2.14. The van der Waals surface area contributed by atoms with Crippen molar-refractivity contribution >= 4 is 23.3 Å². The Balaban J connectivity index is 1.65. The molecule has 2 N–H and O–H groups in total. The standard InChI is InChI=1S/C17H17N3O2/c1-11-3-2-10-18-15(11)20-17(22)13-6-8-14(9-7-13)19-16(21)12-4-5-12/h2-3,6-10,12H,4-5H2,1H3,(H,19,21)(H,18,20,22). The highest BCUT2D eigenvalue weighted by atomic mass is 16.2. The first-order valence-corrected chi connectivity index (χ1v) is 7.27. The lowest BCUT2D eigenvalue weighted by Crippen LogP contribution is -2.15. The van der Waals surface area contributed by atoms with E-state index in [9.17, 15) is 9.59 Å². The van der Waals surface area contributed by atoms with Gasteiger partial charge in [-0.1, -0.05) is 6.07 Å². The van der Waals surface area contributed by atoms with Crippen LogP contribution >= 0.6 is 0 Å². The average Bonchev–Trinajstić information content (AvgIpc) is 3.35. The fourth-order valence-corrected chi connectivity index (χ4v) is 2.09. The Kier molecular flexibility index (Phi) is 3.87. The molecule has 0 unspecified atom stereocenters. The number of benzene rings is 1. The second kappa shape index (κ2) is 5.97. The molecule has 3 rings (SSSR count). The van der Waals surface area contributed by atoms with Gasteiger partial charge in [-0.15, -0.1) is 0 Å². The Morgan fingerprint density at radius 2 is 1.82 bits per heavy atom. The molecule has 2 amide bonds. The first kappa shape index (κ1) is 14.3. The molecule has 0 atom stereocenters. The number of nitrogens with zero attached hydrogens (tertiary/aromatic N) is 1. The summed E-state index contributed by atoms with van der Waals surface area (Å²) in [6.07, 6.45) is 3.57. The van der Waals surface area contributed by atoms with E-state index in [1.165, 1.54) is 0 Å². The van der Waals surface area contributed by atoms with Crippen LogP contribution in [0.3, 0.4) is 0 Å². The molecule has 1 aliphatic rings. The number of pyridine rings is 1. The molecule has 112 valence electrons. The highest BCUT2D eigenvalue weighted by molar-refractivity contribution is 6.04. The van der Waals surface area contributed by atoms with Gasteiger partial charge in [0, 0.05) is 23.4 Å². The number of rotatable bonds is 4. The summed E-state index contributed by atoms with van der Waals surface area (Å²) in [5.74, 6) is 0.553. The lowest BCUT2D eigenvalue weighted by atomic mass is 10.2. The maximum absolute atomic E-state index is 12.2. The van der Waals surface area contributed by atoms with Crippen molar-refractivity contribution in [3.63, 3.8) is 0 Å². The van der Waals surface area contributed by atoms with Crippen LogP contribution in [0.4, 0.5) is 11.5 Å². The topological polar surface area (TPSA) is 71.1 Å². The molecule has 0 bridgehead atoms. The van der Waals surface area contributed by atoms with Gasteiger partial charge in [-0.3, -0.25) is 9.59 Å². The van der Waals surface area contributed by atoms with Gasteiger partial charge >= 0.3 is 0 Å². The number of aromatic nitrogens is 1. The number of carbonyl (C=O) groups is 2. The first-order valence-electron chi connectivity index (χ1n) is 7.27. The second-order valence-electron chi connectivity index (χ2n) is 5.46. The molecule has 1 saturated carbocycles. The summed E-state index contributed by atoms with van der Waals surface area (Å²) < 4.78 is 0. The van der Waals surface area contributed by atoms with E-state index in [-0.39, 0.29) is 17.7 Å². The van der Waals surface area contributed by atoms with Gasteiger partial charge in [-0.05, 0) is 55.7 Å². The molecule has 0 radical (unpaired) electrons. The molecule has 0 aliphatic heterocycles. The van der Waals surface area contributed by atoms with Crippen LogP contribution in [0.1, 0.15) is 28.8 Å². The summed E-state index contributed by atoms with van der Waals surface area (Å²) in [7, 11) is 0. The Morgan fingerprint density at radius 3 is 2.45 bits per heavy atom. The Labute approximate surface area is 128 Å². The lowest BCUT2D eigenvalue weighted by molar-refractivity contribution is -0.117. The fourth-order valence-electron chi connectivity index (χ4n) is 2.09. The van der Waals surface area contributed by atoms with Crippen molar-refractivity contribution in [1.29, 1.82) is 0 Å². The van der Waals surface area contributed by atoms with Gasteiger partial charge in [0.1, 0.15) is 5.82 Å². The third-order valence-corrected chi connectivity index (χ3v) is 3.60. The smallest absolute Gasteiger partial charge is 0.256 e. The van der Waals surface area contributed by atoms with Gasteiger partial charge in [-0.2, -0.15) is 0 Å². The third kappa shape index (κ3) is 3.31. The van der Waals surface area contributed by atoms with Crippen LogP contribution in [-0.4, -0.2) is 16.8 Å². The van der Waals surface area contributed by atoms with Crippen LogP contribution in [0, 0.1) is 12.8 Å². The Morgan fingerprint density at radius 1 is 1.09 bits per heavy atom. The van der Waals surface area contributed by atoms with Gasteiger partial charge in [0.2, 0.25) is 5.91 Å². The van der Waals surface area contributed by atoms with E-state index >= 15 is 0 Å². The largest absolute Gasteiger partial charge is 0.326 e. The monoisotopic (exact) mass is 295 g/mol. The van der Waals surface area contributed by atoms with E-state index < -0.39 is 0 Å². The Bertz CT molecular complexity index is 706. The van der Waals surface area contributed by atoms with Crippen LogP contribution in [0.5, 0.6) is 0 Å². The van der Waals surface area contributed by atoms with E-state index in [1.54, 1.807) is 30.5 Å². The van der Waals surface area contributed by atoms with Gasteiger partial charge in [0.05, 0.1) is 0 Å². The molecule has 1 fully saturated rings. The molecular weight excluding hydrogens is 278 g/mol. The normalized spacial score (nSPS) is 13.5. The molecule has 1 aromatic carbocycles. The van der Waals surface area contributed by atoms with Crippen LogP contribution in [0.15, 0.2) is 42.6 Å². The zero-order valence-electron chi connectivity index (χ0n) is 12.3. The highest BCUT2D eigenvalue weighted by Gasteiger charge is 2.29. The molecule has 0 spiro atoms. The number of anilines is 2. The molecule has 1 aromatic heterocycles. The van der Waals surface area contributed by atoms with E-state index in [0.29, 0.717) is 17.1 Å². The minimum absolute atomic E-state index is 0.0568. The van der Waals surface area contributed by atoms with Crippen molar-refractivity contribution in [1.82, 2.24) is 4.98 Å². The predicted octanol–water partition coefficient (Wildman–Crippen LogP) is 2.99. The van der Waals surface area contributed by atoms with Gasteiger partial charge in [0.15, 0.2) is 0 Å². The molecule has 22 heavy (non-hydrogen) atoms. The van der Waals surface area contributed by atoms with Crippen LogP contribution in [0.25, 0.3) is 0 Å². The van der Waals surface area contributed by atoms with Crippen molar-refractivity contribution < 1.29 is 9.59 Å². The molecule has 1 heterocycles. The zero-order valence-corrected chi connectivity index (χ0v) is 12.3. The molecule has 5 heteroatoms. The third-order valence-electron chi connectivity index (χ3n) is 3.60. The SMILES string of the molecule is Cc1cccnc1NC(=O)c1ccc(NC(=O)C2CC2)cc1. The first-order chi connectivity index (χ1) is 10.6.